The average molecular weight is 212 g/mol. The first-order chi connectivity index (χ1) is 7.36. The first-order valence-electron chi connectivity index (χ1n) is 6.82. The van der Waals surface area contributed by atoms with Crippen molar-refractivity contribution in [3.63, 3.8) is 0 Å². The number of likely N-dealkylation sites (tertiary alicyclic amines) is 1. The zero-order valence-corrected chi connectivity index (χ0v) is 10.6. The van der Waals surface area contributed by atoms with Crippen LogP contribution in [0.1, 0.15) is 52.4 Å². The van der Waals surface area contributed by atoms with E-state index in [1.165, 1.54) is 64.7 Å². The van der Waals surface area contributed by atoms with Gasteiger partial charge in [-0.05, 0) is 45.3 Å². The summed E-state index contributed by atoms with van der Waals surface area (Å²) in [6.45, 7) is 9.62. The highest BCUT2D eigenvalue weighted by atomic mass is 15.1. The zero-order valence-electron chi connectivity index (χ0n) is 10.6. The van der Waals surface area contributed by atoms with Crippen LogP contribution >= 0.6 is 0 Å². The van der Waals surface area contributed by atoms with E-state index >= 15 is 0 Å². The maximum absolute atomic E-state index is 3.65. The molecule has 2 nitrogen and oxygen atoms in total. The fourth-order valence-corrected chi connectivity index (χ4v) is 2.32. The maximum Gasteiger partial charge on any atom is 0.0192 e. The Morgan fingerprint density at radius 1 is 1.07 bits per heavy atom. The van der Waals surface area contributed by atoms with E-state index in [0.717, 1.165) is 0 Å². The second-order valence-electron chi connectivity index (χ2n) is 4.77. The van der Waals surface area contributed by atoms with Crippen molar-refractivity contribution < 1.29 is 0 Å². The lowest BCUT2D eigenvalue weighted by atomic mass is 10.2. The minimum atomic E-state index is 0.711. The van der Waals surface area contributed by atoms with Gasteiger partial charge in [-0.1, -0.05) is 26.7 Å². The molecular formula is C13H28N2. The average Bonchev–Trinajstić information content (AvgIpc) is 2.52. The molecule has 0 spiro atoms. The molecule has 0 bridgehead atoms. The molecule has 0 aromatic rings. The fourth-order valence-electron chi connectivity index (χ4n) is 2.32. The third-order valence-corrected chi connectivity index (χ3v) is 3.35. The van der Waals surface area contributed by atoms with Crippen molar-refractivity contribution in [1.82, 2.24) is 10.2 Å². The van der Waals surface area contributed by atoms with Gasteiger partial charge in [0.2, 0.25) is 0 Å². The molecule has 0 radical (unpaired) electrons. The Balaban J connectivity index is 2.22. The Kier molecular flexibility index (Phi) is 7.03. The summed E-state index contributed by atoms with van der Waals surface area (Å²) in [5, 5.41) is 3.65. The van der Waals surface area contributed by atoms with E-state index in [1.807, 2.05) is 0 Å². The standard InChI is InChI=1S/C13H28N2/c1-3-9-14-13(4-2)12-15-10-7-5-6-8-11-15/h13-14H,3-12H2,1-2H3. The second-order valence-corrected chi connectivity index (χ2v) is 4.77. The van der Waals surface area contributed by atoms with Crippen LogP contribution in [0, 0.1) is 0 Å². The molecule has 1 fully saturated rings. The summed E-state index contributed by atoms with van der Waals surface area (Å²) < 4.78 is 0. The lowest BCUT2D eigenvalue weighted by Gasteiger charge is -2.26. The van der Waals surface area contributed by atoms with Gasteiger partial charge in [0.25, 0.3) is 0 Å². The van der Waals surface area contributed by atoms with Crippen molar-refractivity contribution in [2.75, 3.05) is 26.2 Å². The van der Waals surface area contributed by atoms with Crippen molar-refractivity contribution in [1.29, 1.82) is 0 Å². The van der Waals surface area contributed by atoms with Crippen LogP contribution in [0.3, 0.4) is 0 Å². The van der Waals surface area contributed by atoms with Crippen LogP contribution in [-0.4, -0.2) is 37.1 Å². The Hall–Kier alpha value is -0.0800. The van der Waals surface area contributed by atoms with Crippen molar-refractivity contribution in [2.24, 2.45) is 0 Å². The van der Waals surface area contributed by atoms with Crippen LogP contribution in [-0.2, 0) is 0 Å². The van der Waals surface area contributed by atoms with Gasteiger partial charge in [-0.15, -0.1) is 0 Å². The Bertz CT molecular complexity index is 139. The predicted molar refractivity (Wildman–Crippen MR) is 67.3 cm³/mol. The molecule has 0 saturated carbocycles. The smallest absolute Gasteiger partial charge is 0.0192 e. The lowest BCUT2D eigenvalue weighted by molar-refractivity contribution is 0.247. The van der Waals surface area contributed by atoms with Crippen LogP contribution in [0.25, 0.3) is 0 Å². The summed E-state index contributed by atoms with van der Waals surface area (Å²) in [7, 11) is 0. The number of nitrogens with one attached hydrogen (secondary N) is 1. The first kappa shape index (κ1) is 13.0. The molecule has 90 valence electrons. The molecule has 1 aliphatic rings. The van der Waals surface area contributed by atoms with E-state index in [1.54, 1.807) is 0 Å². The molecule has 1 unspecified atom stereocenters. The number of rotatable bonds is 6. The van der Waals surface area contributed by atoms with Gasteiger partial charge in [0, 0.05) is 12.6 Å². The van der Waals surface area contributed by atoms with Crippen molar-refractivity contribution in [2.45, 2.75) is 58.4 Å². The number of nitrogens with zero attached hydrogens (tertiary/aromatic N) is 1. The van der Waals surface area contributed by atoms with Crippen LogP contribution in [0.15, 0.2) is 0 Å². The molecule has 0 aliphatic carbocycles. The molecule has 0 aromatic heterocycles. The molecule has 1 saturated heterocycles. The van der Waals surface area contributed by atoms with E-state index < -0.39 is 0 Å². The predicted octanol–water partition coefficient (Wildman–Crippen LogP) is 2.64. The van der Waals surface area contributed by atoms with Gasteiger partial charge in [0.05, 0.1) is 0 Å². The van der Waals surface area contributed by atoms with E-state index in [0.29, 0.717) is 6.04 Å². The highest BCUT2D eigenvalue weighted by Gasteiger charge is 2.13. The maximum atomic E-state index is 3.65. The summed E-state index contributed by atoms with van der Waals surface area (Å²) >= 11 is 0. The molecule has 1 N–H and O–H groups in total. The van der Waals surface area contributed by atoms with Gasteiger partial charge in [-0.2, -0.15) is 0 Å². The summed E-state index contributed by atoms with van der Waals surface area (Å²) in [6.07, 6.45) is 8.20. The monoisotopic (exact) mass is 212 g/mol. The fraction of sp³-hybridized carbons (Fsp3) is 1.00. The molecular weight excluding hydrogens is 184 g/mol. The SMILES string of the molecule is CCCNC(CC)CN1CCCCCC1. The third-order valence-electron chi connectivity index (χ3n) is 3.35. The van der Waals surface area contributed by atoms with Gasteiger partial charge in [0.1, 0.15) is 0 Å². The van der Waals surface area contributed by atoms with Crippen molar-refractivity contribution in [3.8, 4) is 0 Å². The minimum absolute atomic E-state index is 0.711. The third kappa shape index (κ3) is 5.53. The zero-order chi connectivity index (χ0) is 10.9. The number of hydrogen-bond acceptors (Lipinski definition) is 2. The minimum Gasteiger partial charge on any atom is -0.313 e. The molecule has 1 heterocycles. The van der Waals surface area contributed by atoms with Crippen LogP contribution in [0.5, 0.6) is 0 Å². The normalized spacial score (nSPS) is 21.2. The van der Waals surface area contributed by atoms with Gasteiger partial charge >= 0.3 is 0 Å². The van der Waals surface area contributed by atoms with Gasteiger partial charge in [0.15, 0.2) is 0 Å². The number of hydrogen-bond donors (Lipinski definition) is 1. The molecule has 0 amide bonds. The van der Waals surface area contributed by atoms with Gasteiger partial charge < -0.3 is 10.2 Å². The van der Waals surface area contributed by atoms with E-state index in [9.17, 15) is 0 Å². The molecule has 1 rings (SSSR count). The van der Waals surface area contributed by atoms with Gasteiger partial charge in [-0.3, -0.25) is 0 Å². The Morgan fingerprint density at radius 2 is 1.73 bits per heavy atom. The van der Waals surface area contributed by atoms with E-state index in [4.69, 9.17) is 0 Å². The molecule has 2 heteroatoms. The lowest BCUT2D eigenvalue weighted by Crippen LogP contribution is -2.41. The van der Waals surface area contributed by atoms with Gasteiger partial charge in [-0.25, -0.2) is 0 Å². The molecule has 0 aromatic carbocycles. The van der Waals surface area contributed by atoms with Crippen molar-refractivity contribution >= 4 is 0 Å². The Labute approximate surface area is 95.4 Å². The molecule has 1 aliphatic heterocycles. The first-order valence-corrected chi connectivity index (χ1v) is 6.82. The summed E-state index contributed by atoms with van der Waals surface area (Å²) in [5.41, 5.74) is 0. The van der Waals surface area contributed by atoms with E-state index in [2.05, 4.69) is 24.1 Å². The van der Waals surface area contributed by atoms with Crippen molar-refractivity contribution in [3.05, 3.63) is 0 Å². The highest BCUT2D eigenvalue weighted by Crippen LogP contribution is 2.10. The molecule has 15 heavy (non-hydrogen) atoms. The summed E-state index contributed by atoms with van der Waals surface area (Å²) in [5.74, 6) is 0. The van der Waals surface area contributed by atoms with E-state index in [-0.39, 0.29) is 0 Å². The Morgan fingerprint density at radius 3 is 2.27 bits per heavy atom. The summed E-state index contributed by atoms with van der Waals surface area (Å²) in [6, 6.07) is 0.711. The summed E-state index contributed by atoms with van der Waals surface area (Å²) in [4.78, 5) is 2.66. The van der Waals surface area contributed by atoms with Crippen LogP contribution in [0.2, 0.25) is 0 Å². The van der Waals surface area contributed by atoms with Crippen LogP contribution < -0.4 is 5.32 Å². The second kappa shape index (κ2) is 8.12. The highest BCUT2D eigenvalue weighted by molar-refractivity contribution is 4.72. The topological polar surface area (TPSA) is 15.3 Å². The molecule has 1 atom stereocenters. The largest absolute Gasteiger partial charge is 0.313 e. The quantitative estimate of drug-likeness (QED) is 0.728. The van der Waals surface area contributed by atoms with Crippen LogP contribution in [0.4, 0.5) is 0 Å².